The second-order valence-electron chi connectivity index (χ2n) is 6.16. The lowest BCUT2D eigenvalue weighted by atomic mass is 9.83. The molecule has 2 unspecified atom stereocenters. The minimum absolute atomic E-state index is 0.275. The van der Waals surface area contributed by atoms with Crippen LogP contribution in [0.2, 0.25) is 0 Å². The average molecular weight is 274 g/mol. The number of hydrogen-bond donors (Lipinski definition) is 0. The standard InChI is InChI=1S/C17H22OS/c1-11-6-7-12(2)16(8-11)17(18)13-9-14-4-3-5-15(10-13)19-14/h6-8,13-15H,3-5,9-10H2,1-2H3. The topological polar surface area (TPSA) is 17.1 Å². The predicted molar refractivity (Wildman–Crippen MR) is 82.0 cm³/mol. The highest BCUT2D eigenvalue weighted by molar-refractivity contribution is 8.00. The van der Waals surface area contributed by atoms with Crippen LogP contribution in [0, 0.1) is 19.8 Å². The summed E-state index contributed by atoms with van der Waals surface area (Å²) < 4.78 is 0. The largest absolute Gasteiger partial charge is 0.294 e. The summed E-state index contributed by atoms with van der Waals surface area (Å²) in [5, 5.41) is 1.48. The molecule has 2 bridgehead atoms. The molecule has 0 spiro atoms. The second kappa shape index (κ2) is 5.32. The molecule has 1 aromatic carbocycles. The van der Waals surface area contributed by atoms with Gasteiger partial charge in [-0.25, -0.2) is 0 Å². The van der Waals surface area contributed by atoms with Crippen LogP contribution < -0.4 is 0 Å². The number of benzene rings is 1. The maximum atomic E-state index is 12.8. The molecule has 2 heteroatoms. The lowest BCUT2D eigenvalue weighted by Crippen LogP contribution is -2.33. The molecular formula is C17H22OS. The maximum Gasteiger partial charge on any atom is 0.166 e. The van der Waals surface area contributed by atoms with Gasteiger partial charge in [0.15, 0.2) is 5.78 Å². The first-order valence-corrected chi connectivity index (χ1v) is 8.34. The molecule has 1 nitrogen and oxygen atoms in total. The first kappa shape index (κ1) is 13.2. The predicted octanol–water partition coefficient (Wildman–Crippen LogP) is 4.55. The zero-order valence-electron chi connectivity index (χ0n) is 11.8. The van der Waals surface area contributed by atoms with Gasteiger partial charge >= 0.3 is 0 Å². The van der Waals surface area contributed by atoms with Gasteiger partial charge < -0.3 is 0 Å². The zero-order chi connectivity index (χ0) is 13.4. The monoisotopic (exact) mass is 274 g/mol. The summed E-state index contributed by atoms with van der Waals surface area (Å²) in [6.07, 6.45) is 6.21. The number of hydrogen-bond acceptors (Lipinski definition) is 2. The molecule has 0 aromatic heterocycles. The third kappa shape index (κ3) is 2.74. The van der Waals surface area contributed by atoms with Crippen molar-refractivity contribution < 1.29 is 4.79 Å². The van der Waals surface area contributed by atoms with Crippen molar-refractivity contribution in [2.75, 3.05) is 0 Å². The number of ketones is 1. The Hall–Kier alpha value is -0.760. The number of carbonyl (C=O) groups excluding carboxylic acids is 1. The number of carbonyl (C=O) groups is 1. The summed E-state index contributed by atoms with van der Waals surface area (Å²) >= 11 is 2.14. The minimum atomic E-state index is 0.275. The molecule has 0 amide bonds. The van der Waals surface area contributed by atoms with Crippen LogP contribution >= 0.6 is 11.8 Å². The van der Waals surface area contributed by atoms with E-state index in [4.69, 9.17) is 0 Å². The second-order valence-corrected chi connectivity index (χ2v) is 7.77. The fourth-order valence-electron chi connectivity index (χ4n) is 3.49. The number of aryl methyl sites for hydroxylation is 2. The molecule has 19 heavy (non-hydrogen) atoms. The summed E-state index contributed by atoms with van der Waals surface area (Å²) in [5.41, 5.74) is 3.30. The van der Waals surface area contributed by atoms with Gasteiger partial charge in [-0.1, -0.05) is 24.1 Å². The number of thioether (sulfide) groups is 1. The molecule has 0 saturated carbocycles. The Labute approximate surface area is 120 Å². The normalized spacial score (nSPS) is 30.1. The molecule has 2 aliphatic heterocycles. The van der Waals surface area contributed by atoms with Gasteiger partial charge in [0.25, 0.3) is 0 Å². The first-order chi connectivity index (χ1) is 9.13. The highest BCUT2D eigenvalue weighted by Crippen LogP contribution is 2.44. The zero-order valence-corrected chi connectivity index (χ0v) is 12.6. The van der Waals surface area contributed by atoms with Crippen molar-refractivity contribution in [1.29, 1.82) is 0 Å². The van der Waals surface area contributed by atoms with Crippen molar-refractivity contribution in [3.8, 4) is 0 Å². The Morgan fingerprint density at radius 3 is 2.53 bits per heavy atom. The van der Waals surface area contributed by atoms with Gasteiger partial charge in [-0.05, 0) is 51.2 Å². The molecule has 2 aliphatic rings. The van der Waals surface area contributed by atoms with Crippen molar-refractivity contribution >= 4 is 17.5 Å². The lowest BCUT2D eigenvalue weighted by Gasteiger charge is -2.38. The Morgan fingerprint density at radius 1 is 1.16 bits per heavy atom. The summed E-state index contributed by atoms with van der Waals surface area (Å²) in [4.78, 5) is 12.8. The van der Waals surface area contributed by atoms with E-state index >= 15 is 0 Å². The fraction of sp³-hybridized carbons (Fsp3) is 0.588. The van der Waals surface area contributed by atoms with Crippen LogP contribution in [0.25, 0.3) is 0 Å². The van der Waals surface area contributed by atoms with Crippen LogP contribution in [-0.2, 0) is 0 Å². The highest BCUT2D eigenvalue weighted by atomic mass is 32.2. The molecule has 102 valence electrons. The van der Waals surface area contributed by atoms with Crippen molar-refractivity contribution in [2.45, 2.75) is 56.5 Å². The molecule has 2 atom stereocenters. The van der Waals surface area contributed by atoms with Gasteiger partial charge in [0.05, 0.1) is 0 Å². The molecule has 0 N–H and O–H groups in total. The van der Waals surface area contributed by atoms with E-state index in [9.17, 15) is 4.79 Å². The van der Waals surface area contributed by atoms with Crippen molar-refractivity contribution in [3.05, 3.63) is 34.9 Å². The Morgan fingerprint density at radius 2 is 1.84 bits per heavy atom. The molecule has 1 aromatic rings. The van der Waals surface area contributed by atoms with E-state index in [0.717, 1.165) is 34.5 Å². The number of Topliss-reactive ketones (excluding diaryl/α,β-unsaturated/α-hetero) is 1. The fourth-order valence-corrected chi connectivity index (χ4v) is 5.33. The Balaban J connectivity index is 1.82. The van der Waals surface area contributed by atoms with Gasteiger partial charge in [0.1, 0.15) is 0 Å². The number of rotatable bonds is 2. The lowest BCUT2D eigenvalue weighted by molar-refractivity contribution is 0.0896. The smallest absolute Gasteiger partial charge is 0.166 e. The minimum Gasteiger partial charge on any atom is -0.294 e. The van der Waals surface area contributed by atoms with E-state index in [0.29, 0.717) is 5.78 Å². The molecule has 0 aliphatic carbocycles. The van der Waals surface area contributed by atoms with Crippen molar-refractivity contribution in [1.82, 2.24) is 0 Å². The van der Waals surface area contributed by atoms with Crippen LogP contribution in [0.4, 0.5) is 0 Å². The molecule has 0 radical (unpaired) electrons. The van der Waals surface area contributed by atoms with E-state index in [1.165, 1.54) is 24.8 Å². The Bertz CT molecular complexity index is 482. The van der Waals surface area contributed by atoms with Gasteiger partial charge in [0.2, 0.25) is 0 Å². The van der Waals surface area contributed by atoms with E-state index in [2.05, 4.69) is 43.8 Å². The Kier molecular flexibility index (Phi) is 3.70. The molecule has 3 rings (SSSR count). The molecule has 2 heterocycles. The van der Waals surface area contributed by atoms with Gasteiger partial charge in [-0.15, -0.1) is 0 Å². The van der Waals surface area contributed by atoms with Crippen LogP contribution in [0.1, 0.15) is 53.6 Å². The summed E-state index contributed by atoms with van der Waals surface area (Å²) in [5.74, 6) is 0.676. The molecule has 2 saturated heterocycles. The third-order valence-electron chi connectivity index (χ3n) is 4.56. The first-order valence-electron chi connectivity index (χ1n) is 7.40. The average Bonchev–Trinajstić information content (AvgIpc) is 2.40. The van der Waals surface area contributed by atoms with Crippen LogP contribution in [-0.4, -0.2) is 16.3 Å². The van der Waals surface area contributed by atoms with Crippen molar-refractivity contribution in [3.63, 3.8) is 0 Å². The van der Waals surface area contributed by atoms with Crippen LogP contribution in [0.5, 0.6) is 0 Å². The summed E-state index contributed by atoms with van der Waals surface area (Å²) in [6, 6.07) is 6.26. The van der Waals surface area contributed by atoms with Crippen LogP contribution in [0.15, 0.2) is 18.2 Å². The van der Waals surface area contributed by atoms with Crippen molar-refractivity contribution in [2.24, 2.45) is 5.92 Å². The summed E-state index contributed by atoms with van der Waals surface area (Å²) in [7, 11) is 0. The van der Waals surface area contributed by atoms with E-state index < -0.39 is 0 Å². The summed E-state index contributed by atoms with van der Waals surface area (Å²) in [6.45, 7) is 4.13. The SMILES string of the molecule is Cc1ccc(C)c(C(=O)C2CC3CCCC(C2)S3)c1. The maximum absolute atomic E-state index is 12.8. The van der Waals surface area contributed by atoms with Gasteiger partial charge in [-0.2, -0.15) is 11.8 Å². The third-order valence-corrected chi connectivity index (χ3v) is 6.19. The quantitative estimate of drug-likeness (QED) is 0.736. The number of fused-ring (bicyclic) bond motifs is 2. The van der Waals surface area contributed by atoms with E-state index in [-0.39, 0.29) is 5.92 Å². The van der Waals surface area contributed by atoms with Gasteiger partial charge in [-0.3, -0.25) is 4.79 Å². The van der Waals surface area contributed by atoms with Gasteiger partial charge in [0, 0.05) is 22.0 Å². The molecule has 2 fully saturated rings. The molecular weight excluding hydrogens is 252 g/mol. The van der Waals surface area contributed by atoms with E-state index in [1.807, 2.05) is 0 Å². The van der Waals surface area contributed by atoms with E-state index in [1.54, 1.807) is 0 Å². The highest BCUT2D eigenvalue weighted by Gasteiger charge is 2.36. The van der Waals surface area contributed by atoms with Crippen LogP contribution in [0.3, 0.4) is 0 Å².